The van der Waals surface area contributed by atoms with Crippen molar-refractivity contribution in [2.45, 2.75) is 109 Å². The Kier molecular flexibility index (Phi) is 9.09. The van der Waals surface area contributed by atoms with Crippen LogP contribution in [0.25, 0.3) is 0 Å². The minimum atomic E-state index is -4.99. The molecule has 1 unspecified atom stereocenters. The fourth-order valence-electron chi connectivity index (χ4n) is 5.74. The van der Waals surface area contributed by atoms with E-state index in [9.17, 15) is 17.6 Å². The molecule has 0 bridgehead atoms. The quantitative estimate of drug-likeness (QED) is 0.274. The first-order valence-electron chi connectivity index (χ1n) is 12.3. The number of hydrogen-bond acceptors (Lipinski definition) is 1. The maximum Gasteiger partial charge on any atom is 0.457 e. The van der Waals surface area contributed by atoms with Gasteiger partial charge >= 0.3 is 12.5 Å². The van der Waals surface area contributed by atoms with Crippen molar-refractivity contribution in [2.24, 2.45) is 17.8 Å². The fraction of sp³-hybridized carbons (Fsp3) is 0.769. The second-order valence-electron chi connectivity index (χ2n) is 9.79. The zero-order valence-electron chi connectivity index (χ0n) is 18.8. The van der Waals surface area contributed by atoms with E-state index in [0.717, 1.165) is 36.2 Å². The van der Waals surface area contributed by atoms with Gasteiger partial charge in [0.25, 0.3) is 0 Å². The van der Waals surface area contributed by atoms with E-state index in [1.54, 1.807) is 12.1 Å². The third kappa shape index (κ3) is 7.39. The molecule has 0 heterocycles. The molecule has 1 aromatic carbocycles. The summed E-state index contributed by atoms with van der Waals surface area (Å²) in [7, 11) is 0. The van der Waals surface area contributed by atoms with Crippen molar-refractivity contribution in [1.82, 2.24) is 0 Å². The number of rotatable bonds is 9. The second-order valence-corrected chi connectivity index (χ2v) is 9.79. The van der Waals surface area contributed by atoms with Crippen molar-refractivity contribution >= 4 is 0 Å². The summed E-state index contributed by atoms with van der Waals surface area (Å²) in [6, 6.07) is 6.52. The van der Waals surface area contributed by atoms with Crippen LogP contribution in [0.3, 0.4) is 0 Å². The van der Waals surface area contributed by atoms with Crippen molar-refractivity contribution in [3.05, 3.63) is 29.8 Å². The van der Waals surface area contributed by atoms with Gasteiger partial charge in [-0.2, -0.15) is 17.6 Å². The van der Waals surface area contributed by atoms with Crippen molar-refractivity contribution in [1.29, 1.82) is 0 Å². The molecule has 0 aromatic heterocycles. The third-order valence-corrected chi connectivity index (χ3v) is 7.64. The summed E-state index contributed by atoms with van der Waals surface area (Å²) in [6.07, 6.45) is 8.99. The molecule has 0 saturated heterocycles. The smallest absolute Gasteiger partial charge is 0.452 e. The van der Waals surface area contributed by atoms with Crippen LogP contribution in [0.2, 0.25) is 0 Å². The summed E-state index contributed by atoms with van der Waals surface area (Å²) >= 11 is 0. The van der Waals surface area contributed by atoms with Gasteiger partial charge in [-0.3, -0.25) is 0 Å². The Bertz CT molecular complexity index is 626. The highest BCUT2D eigenvalue weighted by Crippen LogP contribution is 2.44. The van der Waals surface area contributed by atoms with E-state index >= 15 is 0 Å². The highest BCUT2D eigenvalue weighted by molar-refractivity contribution is 5.30. The Balaban J connectivity index is 1.39. The predicted octanol–water partition coefficient (Wildman–Crippen LogP) is 8.97. The van der Waals surface area contributed by atoms with Crippen LogP contribution in [0.1, 0.15) is 102 Å². The largest absolute Gasteiger partial charge is 0.457 e. The SMILES string of the molecule is CCCCCC[C@H]1CC[C@H]([C@H]2CC[C@H](c3ccc(OC(F)C(F)(F)F)cc3)CC2)CC1. The van der Waals surface area contributed by atoms with E-state index in [-0.39, 0.29) is 5.75 Å². The van der Waals surface area contributed by atoms with Crippen LogP contribution in [0.5, 0.6) is 5.75 Å². The zero-order chi connectivity index (χ0) is 22.3. The van der Waals surface area contributed by atoms with Gasteiger partial charge in [0.1, 0.15) is 5.75 Å². The molecule has 0 amide bonds. The molecule has 2 aliphatic carbocycles. The van der Waals surface area contributed by atoms with E-state index in [2.05, 4.69) is 11.7 Å². The fourth-order valence-corrected chi connectivity index (χ4v) is 5.74. The zero-order valence-corrected chi connectivity index (χ0v) is 18.8. The molecule has 0 radical (unpaired) electrons. The summed E-state index contributed by atoms with van der Waals surface area (Å²) in [5.74, 6) is 3.04. The van der Waals surface area contributed by atoms with Crippen LogP contribution in [-0.2, 0) is 0 Å². The highest BCUT2D eigenvalue weighted by atomic mass is 19.4. The summed E-state index contributed by atoms with van der Waals surface area (Å²) < 4.78 is 54.3. The first kappa shape index (κ1) is 24.4. The van der Waals surface area contributed by atoms with Crippen LogP contribution in [0, 0.1) is 17.8 Å². The molecule has 176 valence electrons. The van der Waals surface area contributed by atoms with Crippen molar-refractivity contribution in [3.63, 3.8) is 0 Å². The molecule has 2 aliphatic rings. The molecule has 0 N–H and O–H groups in total. The van der Waals surface area contributed by atoms with Gasteiger partial charge in [0.2, 0.25) is 0 Å². The van der Waals surface area contributed by atoms with Crippen LogP contribution >= 0.6 is 0 Å². The maximum absolute atomic E-state index is 13.0. The number of benzene rings is 1. The minimum absolute atomic E-state index is 0.0753. The van der Waals surface area contributed by atoms with Crippen LogP contribution in [0.15, 0.2) is 24.3 Å². The van der Waals surface area contributed by atoms with Crippen LogP contribution in [0.4, 0.5) is 17.6 Å². The number of alkyl halides is 4. The summed E-state index contributed by atoms with van der Waals surface area (Å²) in [5.41, 5.74) is 1.13. The lowest BCUT2D eigenvalue weighted by Gasteiger charge is -2.38. The molecular formula is C26H38F4O. The summed E-state index contributed by atoms with van der Waals surface area (Å²) in [4.78, 5) is 0. The first-order valence-corrected chi connectivity index (χ1v) is 12.3. The van der Waals surface area contributed by atoms with E-state index in [1.807, 2.05) is 0 Å². The topological polar surface area (TPSA) is 9.23 Å². The molecule has 1 aromatic rings. The Morgan fingerprint density at radius 2 is 1.42 bits per heavy atom. The third-order valence-electron chi connectivity index (χ3n) is 7.64. The van der Waals surface area contributed by atoms with E-state index in [1.165, 1.54) is 82.8 Å². The Labute approximate surface area is 184 Å². The standard InChI is InChI=1S/C26H38F4O/c1-2-3-4-5-6-19-7-9-20(10-8-19)21-11-13-22(14-12-21)23-15-17-24(18-16-23)31-25(27)26(28,29)30/h15-22,25H,2-14H2,1H3/t19-,20-,21-,22-,25?. The van der Waals surface area contributed by atoms with Gasteiger partial charge in [-0.15, -0.1) is 0 Å². The number of ether oxygens (including phenoxy) is 1. The van der Waals surface area contributed by atoms with E-state index in [4.69, 9.17) is 0 Å². The van der Waals surface area contributed by atoms with Crippen molar-refractivity contribution in [3.8, 4) is 5.75 Å². The van der Waals surface area contributed by atoms with Crippen molar-refractivity contribution in [2.75, 3.05) is 0 Å². The molecular weight excluding hydrogens is 404 g/mol. The van der Waals surface area contributed by atoms with Crippen molar-refractivity contribution < 1.29 is 22.3 Å². The number of hydrogen-bond donors (Lipinski definition) is 0. The lowest BCUT2D eigenvalue weighted by Crippen LogP contribution is -2.29. The molecule has 2 fully saturated rings. The van der Waals surface area contributed by atoms with Gasteiger partial charge < -0.3 is 4.74 Å². The lowest BCUT2D eigenvalue weighted by atomic mass is 9.68. The molecule has 1 nitrogen and oxygen atoms in total. The normalized spacial score (nSPS) is 28.3. The number of unbranched alkanes of at least 4 members (excludes halogenated alkanes) is 3. The summed E-state index contributed by atoms with van der Waals surface area (Å²) in [6.45, 7) is 2.27. The van der Waals surface area contributed by atoms with E-state index < -0.39 is 12.5 Å². The Morgan fingerprint density at radius 1 is 0.839 bits per heavy atom. The second kappa shape index (κ2) is 11.6. The Hall–Kier alpha value is -1.26. The van der Waals surface area contributed by atoms with Gasteiger partial charge in [-0.05, 0) is 79.9 Å². The molecule has 1 atom stereocenters. The van der Waals surface area contributed by atoms with Gasteiger partial charge in [0.05, 0.1) is 0 Å². The monoisotopic (exact) mass is 442 g/mol. The lowest BCUT2D eigenvalue weighted by molar-refractivity contribution is -0.236. The average molecular weight is 443 g/mol. The van der Waals surface area contributed by atoms with Gasteiger partial charge in [-0.1, -0.05) is 64.0 Å². The number of halogens is 4. The molecule has 5 heteroatoms. The maximum atomic E-state index is 13.0. The average Bonchev–Trinajstić information content (AvgIpc) is 2.77. The van der Waals surface area contributed by atoms with Crippen LogP contribution in [-0.4, -0.2) is 12.5 Å². The van der Waals surface area contributed by atoms with Gasteiger partial charge in [0.15, 0.2) is 0 Å². The molecule has 3 rings (SSSR count). The van der Waals surface area contributed by atoms with Crippen LogP contribution < -0.4 is 4.74 Å². The molecule has 31 heavy (non-hydrogen) atoms. The highest BCUT2D eigenvalue weighted by Gasteiger charge is 2.42. The van der Waals surface area contributed by atoms with Gasteiger partial charge in [0, 0.05) is 0 Å². The molecule has 0 spiro atoms. The van der Waals surface area contributed by atoms with E-state index in [0.29, 0.717) is 5.92 Å². The minimum Gasteiger partial charge on any atom is -0.452 e. The predicted molar refractivity (Wildman–Crippen MR) is 117 cm³/mol. The summed E-state index contributed by atoms with van der Waals surface area (Å²) in [5, 5.41) is 0. The van der Waals surface area contributed by atoms with Gasteiger partial charge in [-0.25, -0.2) is 0 Å². The molecule has 0 aliphatic heterocycles. The first-order chi connectivity index (χ1) is 14.9. The Morgan fingerprint density at radius 3 is 1.97 bits per heavy atom. The molecule has 2 saturated carbocycles.